The van der Waals surface area contributed by atoms with Gasteiger partial charge in [0.1, 0.15) is 0 Å². The smallest absolute Gasteiger partial charge is 0.233 e. The molecule has 0 saturated heterocycles. The van der Waals surface area contributed by atoms with E-state index in [4.69, 9.17) is 0 Å². The number of aryl methyl sites for hydroxylation is 1. The molecular formula is C27H29N5OS. The number of amides is 1. The highest BCUT2D eigenvalue weighted by Gasteiger charge is 2.19. The van der Waals surface area contributed by atoms with E-state index >= 15 is 0 Å². The van der Waals surface area contributed by atoms with Gasteiger partial charge in [-0.15, -0.1) is 10.2 Å². The average molecular weight is 472 g/mol. The van der Waals surface area contributed by atoms with Crippen LogP contribution in [0.1, 0.15) is 30.0 Å². The molecule has 0 atom stereocenters. The second kappa shape index (κ2) is 11.6. The molecule has 4 rings (SSSR count). The van der Waals surface area contributed by atoms with Crippen molar-refractivity contribution >= 4 is 17.7 Å². The molecule has 0 N–H and O–H groups in total. The van der Waals surface area contributed by atoms with E-state index in [0.717, 1.165) is 40.6 Å². The van der Waals surface area contributed by atoms with E-state index in [9.17, 15) is 4.79 Å². The number of benzene rings is 2. The number of thioether (sulfide) groups is 1. The summed E-state index contributed by atoms with van der Waals surface area (Å²) < 4.78 is 2.06. The molecule has 6 nitrogen and oxygen atoms in total. The number of hydrogen-bond acceptors (Lipinski definition) is 5. The third-order valence-electron chi connectivity index (χ3n) is 5.49. The van der Waals surface area contributed by atoms with Gasteiger partial charge in [0.05, 0.1) is 12.3 Å². The molecule has 7 heteroatoms. The molecular weight excluding hydrogens is 442 g/mol. The molecule has 4 aromatic rings. The van der Waals surface area contributed by atoms with Gasteiger partial charge in [-0.1, -0.05) is 78.8 Å². The van der Waals surface area contributed by atoms with Crippen molar-refractivity contribution in [3.05, 3.63) is 95.8 Å². The summed E-state index contributed by atoms with van der Waals surface area (Å²) in [6.45, 7) is 6.13. The Morgan fingerprint density at radius 1 is 0.971 bits per heavy atom. The monoisotopic (exact) mass is 471 g/mol. The lowest BCUT2D eigenvalue weighted by atomic mass is 10.1. The summed E-state index contributed by atoms with van der Waals surface area (Å²) in [5.41, 5.74) is 4.40. The molecule has 0 fully saturated rings. The maximum Gasteiger partial charge on any atom is 0.233 e. The maximum atomic E-state index is 13.2. The predicted molar refractivity (Wildman–Crippen MR) is 136 cm³/mol. The van der Waals surface area contributed by atoms with Crippen LogP contribution in [-0.2, 0) is 17.9 Å². The summed E-state index contributed by atoms with van der Waals surface area (Å²) in [4.78, 5) is 19.3. The second-order valence-corrected chi connectivity index (χ2v) is 9.15. The highest BCUT2D eigenvalue weighted by atomic mass is 32.2. The number of aromatic nitrogens is 4. The lowest BCUT2D eigenvalue weighted by molar-refractivity contribution is -0.129. The van der Waals surface area contributed by atoms with Crippen LogP contribution in [0.4, 0.5) is 0 Å². The van der Waals surface area contributed by atoms with Gasteiger partial charge in [-0.2, -0.15) is 0 Å². The minimum Gasteiger partial charge on any atom is -0.338 e. The van der Waals surface area contributed by atoms with Gasteiger partial charge in [0.2, 0.25) is 5.91 Å². The Morgan fingerprint density at radius 2 is 1.76 bits per heavy atom. The SMILES string of the molecule is CCCN(Cc1ccc(C)cc1)C(=O)CSc1nnc(-c2cccnc2)n1Cc1ccccc1. The number of pyridine rings is 1. The van der Waals surface area contributed by atoms with Crippen LogP contribution >= 0.6 is 11.8 Å². The van der Waals surface area contributed by atoms with Gasteiger partial charge < -0.3 is 4.90 Å². The van der Waals surface area contributed by atoms with Gasteiger partial charge >= 0.3 is 0 Å². The largest absolute Gasteiger partial charge is 0.338 e. The molecule has 174 valence electrons. The summed E-state index contributed by atoms with van der Waals surface area (Å²) in [6, 6.07) is 22.4. The first-order chi connectivity index (χ1) is 16.6. The molecule has 0 spiro atoms. The highest BCUT2D eigenvalue weighted by Crippen LogP contribution is 2.25. The maximum absolute atomic E-state index is 13.2. The van der Waals surface area contributed by atoms with Gasteiger partial charge in [-0.25, -0.2) is 0 Å². The summed E-state index contributed by atoms with van der Waals surface area (Å²) in [5.74, 6) is 1.16. The van der Waals surface area contributed by atoms with E-state index in [1.165, 1.54) is 17.3 Å². The molecule has 0 aliphatic rings. The first-order valence-corrected chi connectivity index (χ1v) is 12.5. The zero-order chi connectivity index (χ0) is 23.8. The summed E-state index contributed by atoms with van der Waals surface area (Å²) in [7, 11) is 0. The fraction of sp³-hybridized carbons (Fsp3) is 0.259. The topological polar surface area (TPSA) is 63.9 Å². The van der Waals surface area contributed by atoms with E-state index in [1.807, 2.05) is 35.2 Å². The Kier molecular flexibility index (Phi) is 8.09. The first kappa shape index (κ1) is 23.7. The lowest BCUT2D eigenvalue weighted by Crippen LogP contribution is -2.32. The first-order valence-electron chi connectivity index (χ1n) is 11.5. The van der Waals surface area contributed by atoms with Crippen molar-refractivity contribution in [3.8, 4) is 11.4 Å². The van der Waals surface area contributed by atoms with Crippen LogP contribution in [0.2, 0.25) is 0 Å². The van der Waals surface area contributed by atoms with Crippen molar-refractivity contribution in [1.29, 1.82) is 0 Å². The fourth-order valence-electron chi connectivity index (χ4n) is 3.71. The Bertz CT molecular complexity index is 1190. The standard InChI is InChI=1S/C27H29N5OS/c1-3-16-31(18-23-13-11-21(2)12-14-23)25(33)20-34-27-30-29-26(24-10-7-15-28-17-24)32(27)19-22-8-5-4-6-9-22/h4-15,17H,3,16,18-20H2,1-2H3. The van der Waals surface area contributed by atoms with Crippen LogP contribution in [0.3, 0.4) is 0 Å². The number of carbonyl (C=O) groups is 1. The van der Waals surface area contributed by atoms with Crippen LogP contribution in [0.15, 0.2) is 84.3 Å². The van der Waals surface area contributed by atoms with Crippen molar-refractivity contribution in [3.63, 3.8) is 0 Å². The predicted octanol–water partition coefficient (Wildman–Crippen LogP) is 5.23. The quantitative estimate of drug-likeness (QED) is 0.297. The van der Waals surface area contributed by atoms with E-state index in [-0.39, 0.29) is 5.91 Å². The molecule has 2 aromatic heterocycles. The lowest BCUT2D eigenvalue weighted by Gasteiger charge is -2.22. The van der Waals surface area contributed by atoms with Gasteiger partial charge in [-0.3, -0.25) is 14.3 Å². The van der Waals surface area contributed by atoms with Crippen molar-refractivity contribution < 1.29 is 4.79 Å². The van der Waals surface area contributed by atoms with Crippen LogP contribution in [0, 0.1) is 6.92 Å². The second-order valence-electron chi connectivity index (χ2n) is 8.21. The Hall–Kier alpha value is -3.45. The summed E-state index contributed by atoms with van der Waals surface area (Å²) in [5, 5.41) is 9.61. The van der Waals surface area contributed by atoms with Gasteiger partial charge in [0, 0.05) is 31.0 Å². The van der Waals surface area contributed by atoms with Crippen molar-refractivity contribution in [2.24, 2.45) is 0 Å². The zero-order valence-electron chi connectivity index (χ0n) is 19.6. The molecule has 0 aliphatic carbocycles. The van der Waals surface area contributed by atoms with Gasteiger partial charge in [-0.05, 0) is 36.6 Å². The molecule has 34 heavy (non-hydrogen) atoms. The van der Waals surface area contributed by atoms with E-state index in [1.54, 1.807) is 12.4 Å². The Labute approximate surface area is 205 Å². The minimum atomic E-state index is 0.101. The van der Waals surface area contributed by atoms with Crippen molar-refractivity contribution in [2.75, 3.05) is 12.3 Å². The van der Waals surface area contributed by atoms with Crippen molar-refractivity contribution in [2.45, 2.75) is 38.5 Å². The molecule has 2 aromatic carbocycles. The minimum absolute atomic E-state index is 0.101. The highest BCUT2D eigenvalue weighted by molar-refractivity contribution is 7.99. The summed E-state index contributed by atoms with van der Waals surface area (Å²) >= 11 is 1.43. The molecule has 1 amide bonds. The van der Waals surface area contributed by atoms with Crippen LogP contribution in [0.5, 0.6) is 0 Å². The zero-order valence-corrected chi connectivity index (χ0v) is 20.4. The number of rotatable bonds is 10. The normalized spacial score (nSPS) is 10.9. The third kappa shape index (κ3) is 6.11. The molecule has 0 bridgehead atoms. The molecule has 2 heterocycles. The Morgan fingerprint density at radius 3 is 2.47 bits per heavy atom. The van der Waals surface area contributed by atoms with E-state index < -0.39 is 0 Å². The number of nitrogens with zero attached hydrogens (tertiary/aromatic N) is 5. The van der Waals surface area contributed by atoms with Crippen molar-refractivity contribution in [1.82, 2.24) is 24.6 Å². The van der Waals surface area contributed by atoms with Gasteiger partial charge in [0.15, 0.2) is 11.0 Å². The molecule has 0 saturated carbocycles. The molecule has 0 radical (unpaired) electrons. The van der Waals surface area contributed by atoms with E-state index in [0.29, 0.717) is 18.8 Å². The van der Waals surface area contributed by atoms with Gasteiger partial charge in [0.25, 0.3) is 0 Å². The Balaban J connectivity index is 1.52. The summed E-state index contributed by atoms with van der Waals surface area (Å²) in [6.07, 6.45) is 4.44. The van der Waals surface area contributed by atoms with Crippen LogP contribution in [-0.4, -0.2) is 42.9 Å². The van der Waals surface area contributed by atoms with E-state index in [2.05, 4.69) is 70.0 Å². The average Bonchev–Trinajstić information content (AvgIpc) is 3.27. The van der Waals surface area contributed by atoms with Crippen LogP contribution in [0.25, 0.3) is 11.4 Å². The molecule has 0 aliphatic heterocycles. The number of hydrogen-bond donors (Lipinski definition) is 0. The third-order valence-corrected chi connectivity index (χ3v) is 6.44. The molecule has 0 unspecified atom stereocenters. The van der Waals surface area contributed by atoms with Crippen LogP contribution < -0.4 is 0 Å². The fourth-order valence-corrected chi connectivity index (χ4v) is 4.55. The number of carbonyl (C=O) groups excluding carboxylic acids is 1.